The van der Waals surface area contributed by atoms with Crippen molar-refractivity contribution in [2.75, 3.05) is 13.1 Å². The number of amides is 2. The third kappa shape index (κ3) is 3.33. The van der Waals surface area contributed by atoms with Crippen LogP contribution in [-0.4, -0.2) is 29.5 Å². The minimum absolute atomic E-state index is 0.0176. The number of furan rings is 1. The van der Waals surface area contributed by atoms with Crippen LogP contribution in [0, 0.1) is 11.2 Å². The molecule has 0 spiro atoms. The van der Waals surface area contributed by atoms with E-state index in [1.807, 2.05) is 18.3 Å². The van der Waals surface area contributed by atoms with E-state index in [1.54, 1.807) is 18.2 Å². The van der Waals surface area contributed by atoms with Crippen LogP contribution in [0.25, 0.3) is 33.0 Å². The van der Waals surface area contributed by atoms with E-state index in [9.17, 15) is 9.59 Å². The molecular formula is C27H23ClFN3O3. The zero-order valence-corrected chi connectivity index (χ0v) is 20.0. The second-order valence-corrected chi connectivity index (χ2v) is 10.3. The standard InChI is InChI=1S/C27H23ClFN3O3/c1-27(2)13-30-9-7-20(27)32-12-17(16-11-15(28)4-6-19(16)32)21-23(26(34)31-25(21)33)22-18(29)5-3-14-8-10-35-24(14)22/h3-6,8,10-12,20,30H,7,9,13H2,1-2H3,(H,31,33,34). The quantitative estimate of drug-likeness (QED) is 0.381. The molecule has 1 unspecified atom stereocenters. The molecule has 0 saturated carbocycles. The Labute approximate surface area is 205 Å². The molecule has 2 aromatic carbocycles. The Balaban J connectivity index is 1.67. The largest absolute Gasteiger partial charge is 0.464 e. The van der Waals surface area contributed by atoms with Gasteiger partial charge < -0.3 is 14.3 Å². The highest BCUT2D eigenvalue weighted by atomic mass is 35.5. The monoisotopic (exact) mass is 491 g/mol. The third-order valence-electron chi connectivity index (χ3n) is 7.23. The lowest BCUT2D eigenvalue weighted by molar-refractivity contribution is -0.122. The fourth-order valence-electron chi connectivity index (χ4n) is 5.55. The van der Waals surface area contributed by atoms with Gasteiger partial charge in [-0.05, 0) is 54.8 Å². The Morgan fingerprint density at radius 1 is 1.11 bits per heavy atom. The smallest absolute Gasteiger partial charge is 0.259 e. The third-order valence-corrected chi connectivity index (χ3v) is 7.46. The van der Waals surface area contributed by atoms with Crippen molar-refractivity contribution in [3.05, 3.63) is 70.8 Å². The van der Waals surface area contributed by atoms with E-state index < -0.39 is 17.6 Å². The second kappa shape index (κ2) is 7.80. The van der Waals surface area contributed by atoms with Crippen LogP contribution in [-0.2, 0) is 9.59 Å². The molecule has 4 aromatic rings. The molecule has 4 heterocycles. The van der Waals surface area contributed by atoms with Crippen molar-refractivity contribution in [3.8, 4) is 0 Å². The number of nitrogens with zero attached hydrogens (tertiary/aromatic N) is 1. The molecule has 178 valence electrons. The van der Waals surface area contributed by atoms with Gasteiger partial charge in [-0.15, -0.1) is 0 Å². The molecule has 2 aliphatic heterocycles. The number of benzene rings is 2. The molecular weight excluding hydrogens is 469 g/mol. The Morgan fingerprint density at radius 3 is 2.71 bits per heavy atom. The van der Waals surface area contributed by atoms with E-state index in [4.69, 9.17) is 16.0 Å². The lowest BCUT2D eigenvalue weighted by Gasteiger charge is -2.40. The van der Waals surface area contributed by atoms with Gasteiger partial charge >= 0.3 is 0 Å². The van der Waals surface area contributed by atoms with E-state index in [0.29, 0.717) is 16.0 Å². The van der Waals surface area contributed by atoms with Crippen molar-refractivity contribution < 1.29 is 18.4 Å². The fourth-order valence-corrected chi connectivity index (χ4v) is 5.72. The van der Waals surface area contributed by atoms with Crippen molar-refractivity contribution in [2.45, 2.75) is 26.3 Å². The van der Waals surface area contributed by atoms with Gasteiger partial charge in [0.1, 0.15) is 11.4 Å². The van der Waals surface area contributed by atoms with Gasteiger partial charge in [-0.3, -0.25) is 14.9 Å². The van der Waals surface area contributed by atoms with E-state index in [-0.39, 0.29) is 33.7 Å². The summed E-state index contributed by atoms with van der Waals surface area (Å²) < 4.78 is 22.9. The molecule has 2 N–H and O–H groups in total. The lowest BCUT2D eigenvalue weighted by atomic mass is 9.80. The molecule has 0 aliphatic carbocycles. The van der Waals surface area contributed by atoms with E-state index >= 15 is 4.39 Å². The maximum absolute atomic E-state index is 15.2. The lowest BCUT2D eigenvalue weighted by Crippen LogP contribution is -2.43. The predicted octanol–water partition coefficient (Wildman–Crippen LogP) is 5.31. The van der Waals surface area contributed by atoms with Gasteiger partial charge in [-0.25, -0.2) is 4.39 Å². The molecule has 6 rings (SSSR count). The number of rotatable bonds is 3. The molecule has 0 bridgehead atoms. The molecule has 8 heteroatoms. The number of piperidine rings is 1. The second-order valence-electron chi connectivity index (χ2n) is 9.88. The van der Waals surface area contributed by atoms with Crippen molar-refractivity contribution in [3.63, 3.8) is 0 Å². The normalized spacial score (nSPS) is 20.3. The van der Waals surface area contributed by atoms with Gasteiger partial charge in [0, 0.05) is 45.7 Å². The van der Waals surface area contributed by atoms with Crippen LogP contribution in [0.3, 0.4) is 0 Å². The van der Waals surface area contributed by atoms with E-state index in [1.165, 1.54) is 12.3 Å². The first-order valence-corrected chi connectivity index (χ1v) is 11.9. The number of hydrogen-bond acceptors (Lipinski definition) is 4. The number of carbonyl (C=O) groups is 2. The number of carbonyl (C=O) groups excluding carboxylic acids is 2. The van der Waals surface area contributed by atoms with Gasteiger partial charge in [0.2, 0.25) is 0 Å². The number of fused-ring (bicyclic) bond motifs is 2. The van der Waals surface area contributed by atoms with Crippen LogP contribution in [0.1, 0.15) is 37.4 Å². The average Bonchev–Trinajstić information content (AvgIpc) is 3.49. The summed E-state index contributed by atoms with van der Waals surface area (Å²) in [5.74, 6) is -1.86. The Kier molecular flexibility index (Phi) is 4.92. The van der Waals surface area contributed by atoms with Gasteiger partial charge in [0.25, 0.3) is 11.8 Å². The highest BCUT2D eigenvalue weighted by Gasteiger charge is 2.39. The van der Waals surface area contributed by atoms with E-state index in [2.05, 4.69) is 29.0 Å². The van der Waals surface area contributed by atoms with Gasteiger partial charge in [-0.1, -0.05) is 25.4 Å². The zero-order valence-electron chi connectivity index (χ0n) is 19.2. The Hall–Kier alpha value is -3.42. The first-order valence-electron chi connectivity index (χ1n) is 11.5. The maximum atomic E-state index is 15.2. The minimum atomic E-state index is -0.655. The van der Waals surface area contributed by atoms with Gasteiger partial charge in [0.05, 0.1) is 23.0 Å². The average molecular weight is 492 g/mol. The maximum Gasteiger partial charge on any atom is 0.259 e. The first kappa shape index (κ1) is 22.1. The van der Waals surface area contributed by atoms with E-state index in [0.717, 1.165) is 30.4 Å². The number of imide groups is 1. The summed E-state index contributed by atoms with van der Waals surface area (Å²) >= 11 is 6.38. The summed E-state index contributed by atoms with van der Waals surface area (Å²) in [6.07, 6.45) is 4.25. The molecule has 1 saturated heterocycles. The number of aromatic nitrogens is 1. The molecule has 2 amide bonds. The predicted molar refractivity (Wildman–Crippen MR) is 133 cm³/mol. The Morgan fingerprint density at radius 2 is 1.91 bits per heavy atom. The van der Waals surface area contributed by atoms with Crippen molar-refractivity contribution in [1.29, 1.82) is 0 Å². The summed E-state index contributed by atoms with van der Waals surface area (Å²) in [5.41, 5.74) is 1.68. The van der Waals surface area contributed by atoms with Crippen LogP contribution in [0.4, 0.5) is 4.39 Å². The van der Waals surface area contributed by atoms with Crippen LogP contribution < -0.4 is 10.6 Å². The SMILES string of the molecule is CC1(C)CNCCC1n1cc(C2=C(c3c(F)ccc4ccoc34)C(=O)NC2=O)c2cc(Cl)ccc21. The van der Waals surface area contributed by atoms with Gasteiger partial charge in [0.15, 0.2) is 0 Å². The molecule has 1 fully saturated rings. The molecule has 6 nitrogen and oxygen atoms in total. The Bertz CT molecular complexity index is 1580. The van der Waals surface area contributed by atoms with Crippen molar-refractivity contribution >= 4 is 56.4 Å². The number of nitrogens with one attached hydrogen (secondary N) is 2. The molecule has 1 atom stereocenters. The highest BCUT2D eigenvalue weighted by molar-refractivity contribution is 6.50. The molecule has 2 aromatic heterocycles. The molecule has 0 radical (unpaired) electrons. The first-order chi connectivity index (χ1) is 16.8. The van der Waals surface area contributed by atoms with Gasteiger partial charge in [-0.2, -0.15) is 0 Å². The minimum Gasteiger partial charge on any atom is -0.464 e. The fraction of sp³-hybridized carbons (Fsp3) is 0.259. The zero-order chi connectivity index (χ0) is 24.5. The highest BCUT2D eigenvalue weighted by Crippen LogP contribution is 2.44. The van der Waals surface area contributed by atoms with Crippen LogP contribution >= 0.6 is 11.6 Å². The molecule has 2 aliphatic rings. The summed E-state index contributed by atoms with van der Waals surface area (Å²) in [7, 11) is 0. The summed E-state index contributed by atoms with van der Waals surface area (Å²) in [6, 6.07) is 10.2. The topological polar surface area (TPSA) is 76.3 Å². The number of halogens is 2. The summed E-state index contributed by atoms with van der Waals surface area (Å²) in [6.45, 7) is 6.12. The van der Waals surface area contributed by atoms with Crippen molar-refractivity contribution in [2.24, 2.45) is 5.41 Å². The summed E-state index contributed by atoms with van der Waals surface area (Å²) in [5, 5.41) is 7.70. The van der Waals surface area contributed by atoms with Crippen molar-refractivity contribution in [1.82, 2.24) is 15.2 Å². The number of hydrogen-bond donors (Lipinski definition) is 2. The molecule has 35 heavy (non-hydrogen) atoms. The summed E-state index contributed by atoms with van der Waals surface area (Å²) in [4.78, 5) is 26.3. The van der Waals surface area contributed by atoms with Crippen LogP contribution in [0.2, 0.25) is 5.02 Å². The van der Waals surface area contributed by atoms with Crippen LogP contribution in [0.15, 0.2) is 53.3 Å². The van der Waals surface area contributed by atoms with Crippen LogP contribution in [0.5, 0.6) is 0 Å².